The van der Waals surface area contributed by atoms with E-state index in [2.05, 4.69) is 25.3 Å². The molecule has 1 aliphatic carbocycles. The summed E-state index contributed by atoms with van der Waals surface area (Å²) in [4.78, 5) is 33.9. The average Bonchev–Trinajstić information content (AvgIpc) is 3.26. The molecule has 1 fully saturated rings. The average molecular weight is 343 g/mol. The molecule has 4 rings (SSSR count). The minimum Gasteiger partial charge on any atom is -0.331 e. The summed E-state index contributed by atoms with van der Waals surface area (Å²) in [5.74, 6) is 0.456. The summed E-state index contributed by atoms with van der Waals surface area (Å²) in [6.07, 6.45) is 8.55. The van der Waals surface area contributed by atoms with E-state index in [1.54, 1.807) is 0 Å². The van der Waals surface area contributed by atoms with E-state index in [0.29, 0.717) is 29.8 Å². The number of imidazole rings is 1. The first-order chi connectivity index (χ1) is 12.2. The fourth-order valence-electron chi connectivity index (χ4n) is 3.50. The molecule has 3 heterocycles. The van der Waals surface area contributed by atoms with E-state index < -0.39 is 11.2 Å². The molecule has 0 aromatic carbocycles. The second-order valence-electron chi connectivity index (χ2n) is 6.57. The maximum atomic E-state index is 12.1. The van der Waals surface area contributed by atoms with E-state index in [0.717, 1.165) is 19.3 Å². The number of nitrogens with zero attached hydrogens (tertiary/aromatic N) is 5. The van der Waals surface area contributed by atoms with E-state index in [4.69, 9.17) is 0 Å². The van der Waals surface area contributed by atoms with Gasteiger partial charge in [0.1, 0.15) is 11.2 Å². The van der Waals surface area contributed by atoms with Gasteiger partial charge in [-0.15, -0.1) is 5.10 Å². The van der Waals surface area contributed by atoms with Crippen molar-refractivity contribution in [3.05, 3.63) is 27.0 Å². The molecule has 1 aliphatic rings. The van der Waals surface area contributed by atoms with Crippen molar-refractivity contribution in [2.24, 2.45) is 0 Å². The Labute approximate surface area is 143 Å². The molecule has 3 aromatic rings. The maximum Gasteiger partial charge on any atom is 0.330 e. The van der Waals surface area contributed by atoms with Gasteiger partial charge in [-0.3, -0.25) is 14.3 Å². The molecule has 25 heavy (non-hydrogen) atoms. The predicted molar refractivity (Wildman–Crippen MR) is 92.4 cm³/mol. The predicted octanol–water partition coefficient (Wildman–Crippen LogP) is 1.59. The third-order valence-corrected chi connectivity index (χ3v) is 4.78. The fraction of sp³-hybridized carbons (Fsp3) is 0.562. The Kier molecular flexibility index (Phi) is 3.98. The number of rotatable bonds is 4. The lowest BCUT2D eigenvalue weighted by Gasteiger charge is -2.20. The van der Waals surface area contributed by atoms with Gasteiger partial charge in [0.2, 0.25) is 0 Å². The lowest BCUT2D eigenvalue weighted by Crippen LogP contribution is -2.30. The van der Waals surface area contributed by atoms with E-state index in [1.165, 1.54) is 23.8 Å². The summed E-state index contributed by atoms with van der Waals surface area (Å²) in [5.41, 5.74) is 0.318. The van der Waals surface area contributed by atoms with Crippen LogP contribution < -0.4 is 11.2 Å². The Hall–Kier alpha value is -2.71. The molecule has 1 saturated carbocycles. The standard InChI is InChI=1S/C16H21N7O2/c1-2-8-22-14-12(15(24)19-16(22)25)17-13(18-14)11-9-23(21-20-11)10-6-4-3-5-7-10/h9-10H,2-8H2,1H3,(H,17,18)(H,19,24,25). The molecular weight excluding hydrogens is 322 g/mol. The molecule has 9 heteroatoms. The lowest BCUT2D eigenvalue weighted by molar-refractivity contribution is 0.324. The Morgan fingerprint density at radius 3 is 2.76 bits per heavy atom. The number of aromatic nitrogens is 7. The van der Waals surface area contributed by atoms with Crippen LogP contribution in [-0.4, -0.2) is 34.5 Å². The highest BCUT2D eigenvalue weighted by molar-refractivity contribution is 5.74. The number of aryl methyl sites for hydroxylation is 1. The number of H-pyrrole nitrogens is 2. The van der Waals surface area contributed by atoms with Crippen LogP contribution in [0.3, 0.4) is 0 Å². The van der Waals surface area contributed by atoms with Gasteiger partial charge in [0.05, 0.1) is 12.2 Å². The summed E-state index contributed by atoms with van der Waals surface area (Å²) in [6, 6.07) is 0.376. The van der Waals surface area contributed by atoms with Crippen molar-refractivity contribution in [3.8, 4) is 11.5 Å². The fourth-order valence-corrected chi connectivity index (χ4v) is 3.50. The number of aromatic amines is 2. The summed E-state index contributed by atoms with van der Waals surface area (Å²) < 4.78 is 3.37. The zero-order chi connectivity index (χ0) is 17.4. The van der Waals surface area contributed by atoms with Crippen molar-refractivity contribution in [1.82, 2.24) is 34.5 Å². The van der Waals surface area contributed by atoms with Crippen molar-refractivity contribution in [1.29, 1.82) is 0 Å². The molecule has 0 unspecified atom stereocenters. The Morgan fingerprint density at radius 1 is 1.20 bits per heavy atom. The van der Waals surface area contributed by atoms with Crippen LogP contribution >= 0.6 is 0 Å². The second kappa shape index (κ2) is 6.30. The Balaban J connectivity index is 1.76. The largest absolute Gasteiger partial charge is 0.331 e. The quantitative estimate of drug-likeness (QED) is 0.746. The highest BCUT2D eigenvalue weighted by Gasteiger charge is 2.19. The topological polar surface area (TPSA) is 114 Å². The van der Waals surface area contributed by atoms with Gasteiger partial charge < -0.3 is 4.98 Å². The molecule has 0 amide bonds. The van der Waals surface area contributed by atoms with E-state index in [-0.39, 0.29) is 5.52 Å². The van der Waals surface area contributed by atoms with Gasteiger partial charge >= 0.3 is 5.69 Å². The van der Waals surface area contributed by atoms with Gasteiger partial charge in [-0.1, -0.05) is 31.4 Å². The van der Waals surface area contributed by atoms with Crippen LogP contribution in [0.15, 0.2) is 15.8 Å². The minimum absolute atomic E-state index is 0.287. The Morgan fingerprint density at radius 2 is 2.00 bits per heavy atom. The number of hydrogen-bond acceptors (Lipinski definition) is 5. The van der Waals surface area contributed by atoms with Crippen LogP contribution in [0, 0.1) is 0 Å². The summed E-state index contributed by atoms with van der Waals surface area (Å²) in [7, 11) is 0. The molecule has 0 atom stereocenters. The lowest BCUT2D eigenvalue weighted by atomic mass is 9.96. The molecule has 2 N–H and O–H groups in total. The van der Waals surface area contributed by atoms with Crippen LogP contribution in [0.4, 0.5) is 0 Å². The molecule has 0 radical (unpaired) electrons. The van der Waals surface area contributed by atoms with Crippen molar-refractivity contribution in [2.75, 3.05) is 0 Å². The number of fused-ring (bicyclic) bond motifs is 1. The van der Waals surface area contributed by atoms with Crippen LogP contribution in [0.5, 0.6) is 0 Å². The van der Waals surface area contributed by atoms with Crippen molar-refractivity contribution in [3.63, 3.8) is 0 Å². The first-order valence-corrected chi connectivity index (χ1v) is 8.82. The Bertz CT molecular complexity index is 1000. The first-order valence-electron chi connectivity index (χ1n) is 8.82. The van der Waals surface area contributed by atoms with E-state index in [1.807, 2.05) is 17.8 Å². The van der Waals surface area contributed by atoms with Gasteiger partial charge in [-0.2, -0.15) is 0 Å². The van der Waals surface area contributed by atoms with Crippen LogP contribution in [0.2, 0.25) is 0 Å². The van der Waals surface area contributed by atoms with Gasteiger partial charge in [-0.05, 0) is 19.3 Å². The molecule has 0 saturated heterocycles. The maximum absolute atomic E-state index is 12.1. The molecule has 132 valence electrons. The van der Waals surface area contributed by atoms with Gasteiger partial charge in [0.25, 0.3) is 5.56 Å². The first kappa shape index (κ1) is 15.8. The van der Waals surface area contributed by atoms with Crippen LogP contribution in [0.25, 0.3) is 22.7 Å². The number of nitrogens with one attached hydrogen (secondary N) is 2. The summed E-state index contributed by atoms with van der Waals surface area (Å²) in [6.45, 7) is 2.46. The van der Waals surface area contributed by atoms with Crippen molar-refractivity contribution >= 4 is 11.2 Å². The third kappa shape index (κ3) is 2.79. The van der Waals surface area contributed by atoms with E-state index >= 15 is 0 Å². The SMILES string of the molecule is CCCn1c(=O)[nH]c(=O)c2[nH]c(-c3cn(C4CCCCC4)nn3)nc21. The molecule has 0 aliphatic heterocycles. The normalized spacial score (nSPS) is 15.9. The van der Waals surface area contributed by atoms with Crippen LogP contribution in [-0.2, 0) is 6.54 Å². The second-order valence-corrected chi connectivity index (χ2v) is 6.57. The molecule has 0 spiro atoms. The highest BCUT2D eigenvalue weighted by Crippen LogP contribution is 2.28. The molecule has 9 nitrogen and oxygen atoms in total. The zero-order valence-electron chi connectivity index (χ0n) is 14.2. The monoisotopic (exact) mass is 343 g/mol. The highest BCUT2D eigenvalue weighted by atomic mass is 16.2. The van der Waals surface area contributed by atoms with Gasteiger partial charge in [-0.25, -0.2) is 14.5 Å². The van der Waals surface area contributed by atoms with E-state index in [9.17, 15) is 9.59 Å². The summed E-state index contributed by atoms with van der Waals surface area (Å²) >= 11 is 0. The molecular formula is C16H21N7O2. The number of hydrogen-bond donors (Lipinski definition) is 2. The zero-order valence-corrected chi connectivity index (χ0v) is 14.2. The van der Waals surface area contributed by atoms with Crippen molar-refractivity contribution < 1.29 is 0 Å². The third-order valence-electron chi connectivity index (χ3n) is 4.78. The minimum atomic E-state index is -0.467. The van der Waals surface area contributed by atoms with Gasteiger partial charge in [0.15, 0.2) is 11.5 Å². The van der Waals surface area contributed by atoms with Crippen molar-refractivity contribution in [2.45, 2.75) is 58.0 Å². The smallest absolute Gasteiger partial charge is 0.330 e. The van der Waals surface area contributed by atoms with Gasteiger partial charge in [0, 0.05) is 6.54 Å². The molecule has 3 aromatic heterocycles. The van der Waals surface area contributed by atoms with Crippen LogP contribution in [0.1, 0.15) is 51.5 Å². The summed E-state index contributed by atoms with van der Waals surface area (Å²) in [5, 5.41) is 8.44. The molecule has 0 bridgehead atoms.